The minimum atomic E-state index is -1.07. The van der Waals surface area contributed by atoms with Crippen LogP contribution < -0.4 is 21.7 Å². The Morgan fingerprint density at radius 2 is 1.73 bits per heavy atom. The van der Waals surface area contributed by atoms with Crippen molar-refractivity contribution in [1.29, 1.82) is 0 Å². The molecule has 224 valence electrons. The molecule has 0 atom stereocenters. The topological polar surface area (TPSA) is 157 Å². The summed E-state index contributed by atoms with van der Waals surface area (Å²) in [6, 6.07) is 20.6. The number of nitrogens with zero attached hydrogens (tertiary/aromatic N) is 2. The molecular formula is C33H32N6O5. The third-order valence-corrected chi connectivity index (χ3v) is 6.92. The largest absolute Gasteiger partial charge is 0.459 e. The first-order chi connectivity index (χ1) is 20.9. The van der Waals surface area contributed by atoms with Crippen molar-refractivity contribution in [2.24, 2.45) is 12.8 Å². The van der Waals surface area contributed by atoms with Gasteiger partial charge in [-0.25, -0.2) is 0 Å². The average molecular weight is 593 g/mol. The Hall–Kier alpha value is -5.55. The number of amides is 2. The Morgan fingerprint density at radius 1 is 1.00 bits per heavy atom. The van der Waals surface area contributed by atoms with Crippen LogP contribution in [-0.4, -0.2) is 38.9 Å². The van der Waals surface area contributed by atoms with Gasteiger partial charge in [0, 0.05) is 47.0 Å². The molecule has 1 aliphatic rings. The highest BCUT2D eigenvalue weighted by Crippen LogP contribution is 2.33. The SMILES string of the molecule is Cc1cc(C(=O)Nc2cccc(C(=O)c3ccc4c(c3)NC(=O)/C4=C\Nc3ccc(COC(=O)C(C)(C)N)cc3)c2)n(C)n1. The van der Waals surface area contributed by atoms with E-state index < -0.39 is 11.5 Å². The summed E-state index contributed by atoms with van der Waals surface area (Å²) in [5.74, 6) is -1.39. The number of carbonyl (C=O) groups is 4. The zero-order valence-corrected chi connectivity index (χ0v) is 24.7. The smallest absolute Gasteiger partial charge is 0.325 e. The van der Waals surface area contributed by atoms with Gasteiger partial charge in [-0.15, -0.1) is 0 Å². The zero-order chi connectivity index (χ0) is 31.6. The zero-order valence-electron chi connectivity index (χ0n) is 24.7. The Bertz CT molecular complexity index is 1820. The van der Waals surface area contributed by atoms with Gasteiger partial charge in [-0.1, -0.05) is 36.4 Å². The van der Waals surface area contributed by atoms with E-state index in [-0.39, 0.29) is 24.2 Å². The highest BCUT2D eigenvalue weighted by atomic mass is 16.5. The minimum Gasteiger partial charge on any atom is -0.459 e. The maximum Gasteiger partial charge on any atom is 0.325 e. The highest BCUT2D eigenvalue weighted by Gasteiger charge is 2.26. The van der Waals surface area contributed by atoms with Crippen LogP contribution in [0.5, 0.6) is 0 Å². The quantitative estimate of drug-likeness (QED) is 0.127. The van der Waals surface area contributed by atoms with Crippen LogP contribution in [0.25, 0.3) is 5.57 Å². The Labute approximate surface area is 254 Å². The molecule has 0 aliphatic carbocycles. The number of nitrogens with one attached hydrogen (secondary N) is 3. The molecule has 11 heteroatoms. The molecule has 0 spiro atoms. The van der Waals surface area contributed by atoms with E-state index in [9.17, 15) is 19.2 Å². The van der Waals surface area contributed by atoms with Gasteiger partial charge < -0.3 is 26.4 Å². The number of anilines is 3. The van der Waals surface area contributed by atoms with E-state index in [1.807, 2.05) is 0 Å². The number of aromatic nitrogens is 2. The molecule has 44 heavy (non-hydrogen) atoms. The second-order valence-electron chi connectivity index (χ2n) is 11.1. The monoisotopic (exact) mass is 592 g/mol. The molecule has 11 nitrogen and oxygen atoms in total. The summed E-state index contributed by atoms with van der Waals surface area (Å²) in [4.78, 5) is 50.7. The summed E-state index contributed by atoms with van der Waals surface area (Å²) in [5, 5.41) is 12.9. The fraction of sp³-hybridized carbons (Fsp3) is 0.182. The number of ether oxygens (including phenoxy) is 1. The van der Waals surface area contributed by atoms with Crippen molar-refractivity contribution in [2.75, 3.05) is 16.0 Å². The van der Waals surface area contributed by atoms with Gasteiger partial charge in [-0.05, 0) is 62.7 Å². The number of hydrogen-bond donors (Lipinski definition) is 4. The number of rotatable bonds is 9. The van der Waals surface area contributed by atoms with Crippen LogP contribution in [-0.2, 0) is 28.0 Å². The number of ketones is 1. The molecule has 1 aliphatic heterocycles. The van der Waals surface area contributed by atoms with Crippen LogP contribution in [0, 0.1) is 6.92 Å². The van der Waals surface area contributed by atoms with Crippen LogP contribution in [0.4, 0.5) is 17.1 Å². The van der Waals surface area contributed by atoms with E-state index in [0.29, 0.717) is 39.3 Å². The molecule has 5 N–H and O–H groups in total. The van der Waals surface area contributed by atoms with Gasteiger partial charge in [-0.2, -0.15) is 5.10 Å². The minimum absolute atomic E-state index is 0.0988. The first kappa shape index (κ1) is 29.9. The van der Waals surface area contributed by atoms with Crippen molar-refractivity contribution in [1.82, 2.24) is 9.78 Å². The first-order valence-corrected chi connectivity index (χ1v) is 13.8. The summed E-state index contributed by atoms with van der Waals surface area (Å²) >= 11 is 0. The Balaban J connectivity index is 1.25. The Morgan fingerprint density at radius 3 is 2.41 bits per heavy atom. The number of carbonyl (C=O) groups excluding carboxylic acids is 4. The number of fused-ring (bicyclic) bond motifs is 1. The summed E-state index contributed by atoms with van der Waals surface area (Å²) in [5.41, 5.74) is 10.2. The molecule has 5 rings (SSSR count). The molecule has 1 aromatic heterocycles. The van der Waals surface area contributed by atoms with Crippen molar-refractivity contribution in [2.45, 2.75) is 32.9 Å². The van der Waals surface area contributed by atoms with Gasteiger partial charge in [-0.3, -0.25) is 23.9 Å². The second-order valence-corrected chi connectivity index (χ2v) is 11.1. The van der Waals surface area contributed by atoms with Crippen molar-refractivity contribution in [3.8, 4) is 0 Å². The van der Waals surface area contributed by atoms with E-state index in [1.54, 1.807) is 107 Å². The highest BCUT2D eigenvalue weighted by molar-refractivity contribution is 6.32. The van der Waals surface area contributed by atoms with E-state index in [1.165, 1.54) is 4.68 Å². The number of benzene rings is 3. The van der Waals surface area contributed by atoms with Crippen LogP contribution in [0.1, 0.15) is 57.1 Å². The van der Waals surface area contributed by atoms with Gasteiger partial charge >= 0.3 is 5.97 Å². The average Bonchev–Trinajstić information content (AvgIpc) is 3.50. The molecule has 0 radical (unpaired) electrons. The molecule has 0 bridgehead atoms. The molecule has 3 aromatic carbocycles. The first-order valence-electron chi connectivity index (χ1n) is 13.8. The molecular weight excluding hydrogens is 560 g/mol. The lowest BCUT2D eigenvalue weighted by Gasteiger charge is -2.16. The van der Waals surface area contributed by atoms with Gasteiger partial charge in [0.15, 0.2) is 5.78 Å². The number of aryl methyl sites for hydroxylation is 2. The van der Waals surface area contributed by atoms with Crippen LogP contribution in [0.15, 0.2) is 79.0 Å². The number of hydrogen-bond acceptors (Lipinski definition) is 8. The Kier molecular flexibility index (Phi) is 8.15. The molecule has 2 heterocycles. The maximum atomic E-state index is 13.3. The molecule has 0 unspecified atom stereocenters. The lowest BCUT2D eigenvalue weighted by Crippen LogP contribution is -2.42. The summed E-state index contributed by atoms with van der Waals surface area (Å²) in [6.45, 7) is 5.07. The lowest BCUT2D eigenvalue weighted by atomic mass is 9.99. The fourth-order valence-corrected chi connectivity index (χ4v) is 4.59. The summed E-state index contributed by atoms with van der Waals surface area (Å²) in [6.07, 6.45) is 1.60. The summed E-state index contributed by atoms with van der Waals surface area (Å²) < 4.78 is 6.73. The van der Waals surface area contributed by atoms with Gasteiger partial charge in [0.1, 0.15) is 17.8 Å². The molecule has 0 saturated heterocycles. The summed E-state index contributed by atoms with van der Waals surface area (Å²) in [7, 11) is 1.69. The van der Waals surface area contributed by atoms with Crippen LogP contribution in [0.2, 0.25) is 0 Å². The van der Waals surface area contributed by atoms with Crippen molar-refractivity contribution >= 4 is 46.2 Å². The molecule has 4 aromatic rings. The third kappa shape index (κ3) is 6.58. The standard InChI is InChI=1S/C33H32N6O5/c1-19-14-28(39(4)38-19)31(42)36-24-7-5-6-21(15-24)29(40)22-10-13-25-26(30(41)37-27(25)16-22)17-35-23-11-8-20(9-12-23)18-44-32(43)33(2,3)34/h5-17,35H,18,34H2,1-4H3,(H,36,42)(H,37,41)/b26-17-. The predicted molar refractivity (Wildman–Crippen MR) is 167 cm³/mol. The van der Waals surface area contributed by atoms with E-state index >= 15 is 0 Å². The second kappa shape index (κ2) is 12.0. The van der Waals surface area contributed by atoms with Gasteiger partial charge in [0.05, 0.1) is 11.3 Å². The van der Waals surface area contributed by atoms with E-state index in [4.69, 9.17) is 10.5 Å². The van der Waals surface area contributed by atoms with Crippen molar-refractivity contribution < 1.29 is 23.9 Å². The van der Waals surface area contributed by atoms with E-state index in [0.717, 1.165) is 16.9 Å². The van der Waals surface area contributed by atoms with Gasteiger partial charge in [0.25, 0.3) is 11.8 Å². The number of nitrogens with two attached hydrogens (primary N) is 1. The van der Waals surface area contributed by atoms with Gasteiger partial charge in [0.2, 0.25) is 0 Å². The maximum absolute atomic E-state index is 13.3. The normalized spacial score (nSPS) is 13.3. The van der Waals surface area contributed by atoms with Crippen molar-refractivity contribution in [3.63, 3.8) is 0 Å². The van der Waals surface area contributed by atoms with Crippen LogP contribution in [0.3, 0.4) is 0 Å². The lowest BCUT2D eigenvalue weighted by molar-refractivity contribution is -0.150. The molecule has 0 saturated carbocycles. The van der Waals surface area contributed by atoms with E-state index in [2.05, 4.69) is 21.0 Å². The predicted octanol–water partition coefficient (Wildman–Crippen LogP) is 4.40. The molecule has 2 amide bonds. The third-order valence-electron chi connectivity index (χ3n) is 6.92. The molecule has 0 fully saturated rings. The van der Waals surface area contributed by atoms with Crippen LogP contribution >= 0.6 is 0 Å². The number of esters is 1. The fourth-order valence-electron chi connectivity index (χ4n) is 4.59. The van der Waals surface area contributed by atoms with Crippen molar-refractivity contribution in [3.05, 3.63) is 113 Å².